The van der Waals surface area contributed by atoms with Crippen molar-refractivity contribution >= 4 is 29.2 Å². The van der Waals surface area contributed by atoms with E-state index in [2.05, 4.69) is 6.07 Å². The van der Waals surface area contributed by atoms with Crippen LogP contribution in [0.5, 0.6) is 11.5 Å². The van der Waals surface area contributed by atoms with E-state index in [9.17, 15) is 10.1 Å². The van der Waals surface area contributed by atoms with Crippen molar-refractivity contribution < 1.29 is 14.3 Å². The van der Waals surface area contributed by atoms with Gasteiger partial charge in [-0.3, -0.25) is 4.79 Å². The first kappa shape index (κ1) is 20.3. The van der Waals surface area contributed by atoms with Gasteiger partial charge in [-0.05, 0) is 35.9 Å². The lowest BCUT2D eigenvalue weighted by molar-refractivity contribution is -0.145. The molecule has 0 bridgehead atoms. The molecule has 2 aromatic carbocycles. The predicted octanol–water partition coefficient (Wildman–Crippen LogP) is 5.76. The Bertz CT molecular complexity index is 977. The molecule has 0 saturated heterocycles. The maximum atomic E-state index is 13.0. The lowest BCUT2D eigenvalue weighted by Gasteiger charge is -2.20. The second-order valence-electron chi connectivity index (χ2n) is 7.16. The molecule has 1 aliphatic rings. The number of nitrogens with zero attached hydrogens (tertiary/aromatic N) is 1. The highest BCUT2D eigenvalue weighted by Gasteiger charge is 2.87. The Morgan fingerprint density at radius 2 is 1.71 bits per heavy atom. The molecule has 1 unspecified atom stereocenters. The van der Waals surface area contributed by atoms with Crippen LogP contribution in [0.2, 0.25) is 0 Å². The molecule has 0 spiro atoms. The van der Waals surface area contributed by atoms with E-state index in [0.29, 0.717) is 17.1 Å². The second-order valence-corrected chi connectivity index (χ2v) is 8.17. The lowest BCUT2D eigenvalue weighted by Crippen LogP contribution is -2.30. The topological polar surface area (TPSA) is 59.3 Å². The molecule has 0 aliphatic heterocycles. The number of carbonyl (C=O) groups is 1. The number of esters is 1. The van der Waals surface area contributed by atoms with Crippen molar-refractivity contribution in [1.82, 2.24) is 0 Å². The standard InChI is InChI=1S/C22H19Cl2NO3/c1-20(2)21(14-25,13-18(23)24)22(20,19(26)27-3)15-8-7-11-17(12-15)28-16-9-5-4-6-10-16/h4-13H,1-3H3/t21?,22-/m1/s1. The first-order valence-corrected chi connectivity index (χ1v) is 9.39. The van der Waals surface area contributed by atoms with Crippen LogP contribution in [0.25, 0.3) is 0 Å². The minimum atomic E-state index is -1.27. The van der Waals surface area contributed by atoms with E-state index < -0.39 is 22.2 Å². The molecule has 6 heteroatoms. The highest BCUT2D eigenvalue weighted by atomic mass is 35.5. The van der Waals surface area contributed by atoms with Gasteiger partial charge in [-0.1, -0.05) is 67.4 Å². The summed E-state index contributed by atoms with van der Waals surface area (Å²) < 4.78 is 10.9. The van der Waals surface area contributed by atoms with E-state index in [4.69, 9.17) is 32.7 Å². The number of carbonyl (C=O) groups excluding carboxylic acids is 1. The molecule has 0 N–H and O–H groups in total. The van der Waals surface area contributed by atoms with Crippen LogP contribution in [0.1, 0.15) is 19.4 Å². The fourth-order valence-electron chi connectivity index (χ4n) is 4.31. The fraction of sp³-hybridized carbons (Fsp3) is 0.273. The highest BCUT2D eigenvalue weighted by molar-refractivity contribution is 6.56. The van der Waals surface area contributed by atoms with Gasteiger partial charge in [0.25, 0.3) is 0 Å². The van der Waals surface area contributed by atoms with Crippen LogP contribution in [-0.4, -0.2) is 13.1 Å². The van der Waals surface area contributed by atoms with Crippen molar-refractivity contribution in [1.29, 1.82) is 5.26 Å². The SMILES string of the molecule is COC(=O)[C@]1(c2cccc(Oc3ccccc3)c2)C(C)(C)C1(C#N)C=C(Cl)Cl. The molecule has 0 radical (unpaired) electrons. The van der Waals surface area contributed by atoms with Crippen LogP contribution < -0.4 is 4.74 Å². The maximum Gasteiger partial charge on any atom is 0.318 e. The fourth-order valence-corrected chi connectivity index (χ4v) is 4.64. The number of para-hydroxylation sites is 1. The average Bonchev–Trinajstić information content (AvgIpc) is 3.11. The van der Waals surface area contributed by atoms with Crippen molar-refractivity contribution in [2.24, 2.45) is 10.8 Å². The summed E-state index contributed by atoms with van der Waals surface area (Å²) in [6.45, 7) is 3.65. The molecule has 1 aliphatic carbocycles. The number of nitriles is 1. The van der Waals surface area contributed by atoms with E-state index >= 15 is 0 Å². The summed E-state index contributed by atoms with van der Waals surface area (Å²) in [5.74, 6) is 0.682. The zero-order chi connectivity index (χ0) is 20.6. The zero-order valence-electron chi connectivity index (χ0n) is 15.7. The van der Waals surface area contributed by atoms with Gasteiger partial charge in [-0.15, -0.1) is 0 Å². The van der Waals surface area contributed by atoms with Crippen molar-refractivity contribution in [3.63, 3.8) is 0 Å². The Hall–Kier alpha value is -2.48. The molecule has 144 valence electrons. The Kier molecular flexibility index (Phi) is 5.18. The van der Waals surface area contributed by atoms with Crippen LogP contribution in [0.4, 0.5) is 0 Å². The average molecular weight is 416 g/mol. The summed E-state index contributed by atoms with van der Waals surface area (Å²) in [5.41, 5.74) is -2.72. The van der Waals surface area contributed by atoms with Gasteiger partial charge in [0.05, 0.1) is 13.2 Å². The van der Waals surface area contributed by atoms with Crippen molar-refractivity contribution in [3.05, 3.63) is 70.7 Å². The highest BCUT2D eigenvalue weighted by Crippen LogP contribution is 2.79. The number of hydrogen-bond acceptors (Lipinski definition) is 4. The van der Waals surface area contributed by atoms with Gasteiger partial charge < -0.3 is 9.47 Å². The summed E-state index contributed by atoms with van der Waals surface area (Å²) in [7, 11) is 1.30. The Morgan fingerprint density at radius 1 is 1.07 bits per heavy atom. The van der Waals surface area contributed by atoms with E-state index in [-0.39, 0.29) is 4.49 Å². The van der Waals surface area contributed by atoms with Crippen molar-refractivity contribution in [2.45, 2.75) is 19.3 Å². The van der Waals surface area contributed by atoms with Crippen LogP contribution in [0.15, 0.2) is 65.2 Å². The molecule has 2 atom stereocenters. The molecule has 4 nitrogen and oxygen atoms in total. The Balaban J connectivity index is 2.15. The smallest absolute Gasteiger partial charge is 0.318 e. The first-order valence-electron chi connectivity index (χ1n) is 8.64. The number of allylic oxidation sites excluding steroid dienone is 1. The van der Waals surface area contributed by atoms with Crippen LogP contribution >= 0.6 is 23.2 Å². The minimum absolute atomic E-state index is 0.0721. The third-order valence-corrected chi connectivity index (χ3v) is 5.91. The van der Waals surface area contributed by atoms with Crippen molar-refractivity contribution in [2.75, 3.05) is 7.11 Å². The molecule has 0 aromatic heterocycles. The molecule has 1 saturated carbocycles. The second kappa shape index (κ2) is 7.16. The van der Waals surface area contributed by atoms with Gasteiger partial charge in [-0.2, -0.15) is 5.26 Å². The van der Waals surface area contributed by atoms with Gasteiger partial charge in [0, 0.05) is 5.41 Å². The molecule has 0 heterocycles. The number of halogens is 2. The van der Waals surface area contributed by atoms with Crippen LogP contribution in [-0.2, 0) is 14.9 Å². The predicted molar refractivity (Wildman–Crippen MR) is 108 cm³/mol. The summed E-state index contributed by atoms with van der Waals surface area (Å²) in [5, 5.41) is 10.0. The van der Waals surface area contributed by atoms with E-state index in [1.54, 1.807) is 24.3 Å². The minimum Gasteiger partial charge on any atom is -0.468 e. The lowest BCUT2D eigenvalue weighted by atomic mass is 9.85. The third-order valence-electron chi connectivity index (χ3n) is 5.69. The number of ether oxygens (including phenoxy) is 2. The molecule has 3 rings (SSSR count). The number of rotatable bonds is 5. The van der Waals surface area contributed by atoms with Gasteiger partial charge in [0.1, 0.15) is 26.8 Å². The molecule has 2 aromatic rings. The molecule has 0 amide bonds. The third kappa shape index (κ3) is 2.70. The summed E-state index contributed by atoms with van der Waals surface area (Å²) in [4.78, 5) is 13.0. The molecule has 1 fully saturated rings. The van der Waals surface area contributed by atoms with E-state index in [1.165, 1.54) is 13.2 Å². The number of benzene rings is 2. The monoisotopic (exact) mass is 415 g/mol. The Morgan fingerprint density at radius 3 is 2.29 bits per heavy atom. The molecular weight excluding hydrogens is 397 g/mol. The number of methoxy groups -OCH3 is 1. The summed E-state index contributed by atoms with van der Waals surface area (Å²) in [6, 6.07) is 18.7. The van der Waals surface area contributed by atoms with Crippen molar-refractivity contribution in [3.8, 4) is 17.6 Å². The van der Waals surface area contributed by atoms with Gasteiger partial charge in [-0.25, -0.2) is 0 Å². The molecule has 28 heavy (non-hydrogen) atoms. The largest absolute Gasteiger partial charge is 0.468 e. The quantitative estimate of drug-likeness (QED) is 0.582. The summed E-state index contributed by atoms with van der Waals surface area (Å²) in [6.07, 6.45) is 1.43. The zero-order valence-corrected chi connectivity index (χ0v) is 17.2. The Labute approximate surface area is 174 Å². The van der Waals surface area contributed by atoms with Gasteiger partial charge >= 0.3 is 5.97 Å². The van der Waals surface area contributed by atoms with Gasteiger partial charge in [0.2, 0.25) is 0 Å². The maximum absolute atomic E-state index is 13.0. The van der Waals surface area contributed by atoms with Crippen LogP contribution in [0, 0.1) is 22.2 Å². The van der Waals surface area contributed by atoms with E-state index in [1.807, 2.05) is 44.2 Å². The first-order chi connectivity index (χ1) is 13.3. The molecular formula is C22H19Cl2NO3. The van der Waals surface area contributed by atoms with Crippen LogP contribution in [0.3, 0.4) is 0 Å². The number of hydrogen-bond donors (Lipinski definition) is 0. The summed E-state index contributed by atoms with van der Waals surface area (Å²) >= 11 is 11.8. The normalized spacial score (nSPS) is 24.6. The van der Waals surface area contributed by atoms with Gasteiger partial charge in [0.15, 0.2) is 0 Å². The van der Waals surface area contributed by atoms with E-state index in [0.717, 1.165) is 0 Å².